The molecule has 0 N–H and O–H groups in total. The van der Waals surface area contributed by atoms with Crippen molar-refractivity contribution in [2.75, 3.05) is 39.5 Å². The zero-order valence-electron chi connectivity index (χ0n) is 32.4. The van der Waals surface area contributed by atoms with Crippen LogP contribution in [0.3, 0.4) is 0 Å². The second-order valence-electron chi connectivity index (χ2n) is 16.7. The van der Waals surface area contributed by atoms with Crippen LogP contribution in [0, 0.1) is 5.41 Å². The molecule has 2 aromatic carbocycles. The van der Waals surface area contributed by atoms with Crippen LogP contribution >= 0.6 is 0 Å². The quantitative estimate of drug-likeness (QED) is 0.171. The van der Waals surface area contributed by atoms with Gasteiger partial charge in [-0.3, -0.25) is 19.4 Å². The van der Waals surface area contributed by atoms with Gasteiger partial charge in [-0.2, -0.15) is 0 Å². The van der Waals surface area contributed by atoms with Crippen LogP contribution in [0.25, 0.3) is 11.1 Å². The minimum absolute atomic E-state index is 0.230. The van der Waals surface area contributed by atoms with Crippen molar-refractivity contribution in [3.63, 3.8) is 0 Å². The lowest BCUT2D eigenvalue weighted by Crippen LogP contribution is -2.44. The molecule has 2 atom stereocenters. The lowest BCUT2D eigenvalue weighted by molar-refractivity contribution is -0.148. The first-order valence-corrected chi connectivity index (χ1v) is 18.8. The van der Waals surface area contributed by atoms with E-state index in [4.69, 9.17) is 28.4 Å². The van der Waals surface area contributed by atoms with Crippen molar-refractivity contribution in [3.05, 3.63) is 47.5 Å². The van der Waals surface area contributed by atoms with Crippen LogP contribution < -0.4 is 9.47 Å². The lowest BCUT2D eigenvalue weighted by atomic mass is 9.98. The van der Waals surface area contributed by atoms with E-state index < -0.39 is 72.2 Å². The van der Waals surface area contributed by atoms with Crippen LogP contribution in [0.1, 0.15) is 101 Å². The average molecular weight is 763 g/mol. The van der Waals surface area contributed by atoms with Gasteiger partial charge in [0.05, 0.1) is 13.2 Å². The summed E-state index contributed by atoms with van der Waals surface area (Å²) < 4.78 is 34.3. The maximum atomic E-state index is 13.3. The SMILES string of the molecule is CC(C)(C)OC(=O)N1CCC[C@H]1C(=O)OCC(=O)c1ccc2c(c1)OCC1(CC1)COc1cc(C(=O)COC(=O)[C@@H]3CCCN3C(=O)OC(C)(C)C)ccc1-2. The number of likely N-dealkylation sites (tertiary alicyclic amines) is 2. The van der Waals surface area contributed by atoms with Gasteiger partial charge in [0, 0.05) is 40.8 Å². The number of hydrogen-bond donors (Lipinski definition) is 0. The molecule has 2 amide bonds. The largest absolute Gasteiger partial charge is 0.492 e. The average Bonchev–Trinajstić information content (AvgIpc) is 3.47. The zero-order valence-corrected chi connectivity index (χ0v) is 32.4. The number of rotatable bonds is 8. The summed E-state index contributed by atoms with van der Waals surface area (Å²) in [4.78, 5) is 80.6. The van der Waals surface area contributed by atoms with E-state index in [2.05, 4.69) is 0 Å². The van der Waals surface area contributed by atoms with Gasteiger partial charge in [0.25, 0.3) is 0 Å². The summed E-state index contributed by atoms with van der Waals surface area (Å²) in [5.41, 5.74) is 0.143. The van der Waals surface area contributed by atoms with Gasteiger partial charge in [-0.15, -0.1) is 0 Å². The number of esters is 2. The highest BCUT2D eigenvalue weighted by Crippen LogP contribution is 2.49. The molecule has 4 aliphatic rings. The highest BCUT2D eigenvalue weighted by molar-refractivity contribution is 6.01. The van der Waals surface area contributed by atoms with E-state index in [1.165, 1.54) is 9.80 Å². The number of Topliss-reactive ketones (excluding diaryl/α,β-unsaturated/α-hetero) is 2. The standard InChI is InChI=1S/C41H50N2O12/c1-39(2,3)54-37(48)42-17-7-9-29(42)35(46)50-21-31(44)25-11-13-27-28-14-12-26(20-34(28)53-24-41(15-16-41)23-52-33(27)19-25)32(45)22-51-36(47)30-10-8-18-43(30)38(49)55-40(4,5)6/h11-14,19-20,29-30H,7-10,15-18,21-24H2,1-6H3/t29-,30-/m0/s1. The zero-order chi connectivity index (χ0) is 39.7. The van der Waals surface area contributed by atoms with Crippen molar-refractivity contribution in [2.24, 2.45) is 5.41 Å². The van der Waals surface area contributed by atoms with Crippen molar-refractivity contribution in [1.82, 2.24) is 9.80 Å². The Kier molecular flexibility index (Phi) is 11.2. The van der Waals surface area contributed by atoms with Crippen molar-refractivity contribution < 1.29 is 57.2 Å². The fraction of sp³-hybridized carbons (Fsp3) is 0.561. The highest BCUT2D eigenvalue weighted by Gasteiger charge is 2.46. The lowest BCUT2D eigenvalue weighted by Gasteiger charge is -2.27. The van der Waals surface area contributed by atoms with Gasteiger partial charge in [0.1, 0.15) is 34.8 Å². The summed E-state index contributed by atoms with van der Waals surface area (Å²) in [6.45, 7) is 10.9. The topological polar surface area (TPSA) is 164 Å². The Bertz CT molecular complexity index is 1720. The van der Waals surface area contributed by atoms with Crippen molar-refractivity contribution in [2.45, 2.75) is 103 Å². The molecule has 1 saturated carbocycles. The van der Waals surface area contributed by atoms with Crippen LogP contribution in [-0.2, 0) is 28.5 Å². The smallest absolute Gasteiger partial charge is 0.411 e. The van der Waals surface area contributed by atoms with Gasteiger partial charge in [-0.25, -0.2) is 19.2 Å². The molecule has 14 heteroatoms. The van der Waals surface area contributed by atoms with E-state index in [1.807, 2.05) is 0 Å². The molecule has 14 nitrogen and oxygen atoms in total. The van der Waals surface area contributed by atoms with Crippen molar-refractivity contribution >= 4 is 35.7 Å². The third-order valence-electron chi connectivity index (χ3n) is 9.92. The van der Waals surface area contributed by atoms with Crippen LogP contribution in [0.15, 0.2) is 36.4 Å². The van der Waals surface area contributed by atoms with E-state index in [-0.39, 0.29) is 16.5 Å². The Hall–Kier alpha value is -5.14. The monoisotopic (exact) mass is 762 g/mol. The Morgan fingerprint density at radius 3 is 1.42 bits per heavy atom. The van der Waals surface area contributed by atoms with E-state index >= 15 is 0 Å². The first kappa shape index (κ1) is 39.6. The molecule has 3 heterocycles. The summed E-state index contributed by atoms with van der Waals surface area (Å²) in [5.74, 6) is -1.36. The number of nitrogens with zero attached hydrogens (tertiary/aromatic N) is 2. The molecule has 2 aromatic rings. The number of ether oxygens (including phenoxy) is 6. The van der Waals surface area contributed by atoms with Crippen LogP contribution in [0.4, 0.5) is 9.59 Å². The Balaban J connectivity index is 1.13. The molecule has 296 valence electrons. The molecule has 2 saturated heterocycles. The van der Waals surface area contributed by atoms with Crippen LogP contribution in [0.5, 0.6) is 11.5 Å². The predicted molar refractivity (Wildman–Crippen MR) is 197 cm³/mol. The summed E-state index contributed by atoms with van der Waals surface area (Å²) >= 11 is 0. The second kappa shape index (κ2) is 15.5. The normalized spacial score (nSPS) is 20.0. The molecule has 1 aliphatic carbocycles. The molecule has 0 radical (unpaired) electrons. The number of benzene rings is 2. The molecular weight excluding hydrogens is 712 g/mol. The number of ketones is 2. The van der Waals surface area contributed by atoms with Crippen molar-refractivity contribution in [3.8, 4) is 22.6 Å². The van der Waals surface area contributed by atoms with Crippen LogP contribution in [-0.4, -0.2) is 108 Å². The fourth-order valence-corrected chi connectivity index (χ4v) is 6.78. The number of amides is 2. The van der Waals surface area contributed by atoms with E-state index in [9.17, 15) is 28.8 Å². The minimum atomic E-state index is -0.831. The Labute approximate surface area is 320 Å². The van der Waals surface area contributed by atoms with E-state index in [1.54, 1.807) is 77.9 Å². The summed E-state index contributed by atoms with van der Waals surface area (Å²) in [6, 6.07) is 8.22. The van der Waals surface area contributed by atoms with Crippen LogP contribution in [0.2, 0.25) is 0 Å². The maximum Gasteiger partial charge on any atom is 0.411 e. The molecule has 6 rings (SSSR count). The number of hydrogen-bond acceptors (Lipinski definition) is 12. The van der Waals surface area contributed by atoms with Gasteiger partial charge in [0.2, 0.25) is 0 Å². The number of carbonyl (C=O) groups is 6. The van der Waals surface area contributed by atoms with E-state index in [0.29, 0.717) is 74.6 Å². The first-order chi connectivity index (χ1) is 25.9. The van der Waals surface area contributed by atoms with Gasteiger partial charge < -0.3 is 28.4 Å². The summed E-state index contributed by atoms with van der Waals surface area (Å²) in [7, 11) is 0. The van der Waals surface area contributed by atoms with Crippen molar-refractivity contribution in [1.29, 1.82) is 0 Å². The molecule has 55 heavy (non-hydrogen) atoms. The second-order valence-corrected chi connectivity index (χ2v) is 16.7. The Morgan fingerprint density at radius 1 is 0.655 bits per heavy atom. The van der Waals surface area contributed by atoms with Gasteiger partial charge in [0.15, 0.2) is 24.8 Å². The third kappa shape index (κ3) is 9.57. The molecule has 3 aliphatic heterocycles. The van der Waals surface area contributed by atoms with Gasteiger partial charge in [-0.1, -0.05) is 12.1 Å². The minimum Gasteiger partial charge on any atom is -0.492 e. The molecule has 0 aromatic heterocycles. The number of fused-ring (bicyclic) bond motifs is 3. The first-order valence-electron chi connectivity index (χ1n) is 18.8. The molecule has 0 unspecified atom stereocenters. The highest BCUT2D eigenvalue weighted by atomic mass is 16.6. The van der Waals surface area contributed by atoms with Gasteiger partial charge in [-0.05, 0) is 104 Å². The van der Waals surface area contributed by atoms with Gasteiger partial charge >= 0.3 is 24.1 Å². The molecule has 1 spiro atoms. The molecular formula is C41H50N2O12. The molecule has 0 bridgehead atoms. The third-order valence-corrected chi connectivity index (χ3v) is 9.92. The maximum absolute atomic E-state index is 13.3. The predicted octanol–water partition coefficient (Wildman–Crippen LogP) is 6.16. The fourth-order valence-electron chi connectivity index (χ4n) is 6.78. The molecule has 3 fully saturated rings. The van der Waals surface area contributed by atoms with E-state index in [0.717, 1.165) is 12.8 Å². The summed E-state index contributed by atoms with van der Waals surface area (Å²) in [5, 5.41) is 0. The summed E-state index contributed by atoms with van der Waals surface area (Å²) in [6.07, 6.45) is 2.61. The number of carbonyl (C=O) groups excluding carboxylic acids is 6. The Morgan fingerprint density at radius 2 is 1.05 bits per heavy atom.